The molecule has 5 heteroatoms. The maximum Gasteiger partial charge on any atom is 0.242 e. The fourth-order valence-corrected chi connectivity index (χ4v) is 2.40. The molecule has 2 rings (SSSR count). The lowest BCUT2D eigenvalue weighted by Crippen LogP contribution is -2.56. The Morgan fingerprint density at radius 2 is 1.81 bits per heavy atom. The summed E-state index contributed by atoms with van der Waals surface area (Å²) in [5.41, 5.74) is -0.174. The van der Waals surface area contributed by atoms with Crippen LogP contribution in [0.1, 0.15) is 40.2 Å². The number of hydrogen-bond acceptors (Lipinski definition) is 4. The monoisotopic (exact) mass is 291 g/mol. The number of aliphatic hydroxyl groups is 1. The molecule has 0 spiro atoms. The molecule has 1 fully saturated rings. The highest BCUT2D eigenvalue weighted by atomic mass is 16.3. The van der Waals surface area contributed by atoms with Crippen LogP contribution in [0.15, 0.2) is 18.3 Å². The number of nitrogens with zero attached hydrogens (tertiary/aromatic N) is 3. The van der Waals surface area contributed by atoms with E-state index in [-0.39, 0.29) is 11.4 Å². The first kappa shape index (κ1) is 15.9. The number of carbonyl (C=O) groups excluding carboxylic acids is 1. The lowest BCUT2D eigenvalue weighted by molar-refractivity contribution is -0.122. The van der Waals surface area contributed by atoms with Gasteiger partial charge in [-0.05, 0) is 40.7 Å². The second kappa shape index (κ2) is 5.39. The number of hydrogen-bond donors (Lipinski definition) is 1. The molecule has 0 aromatic carbocycles. The van der Waals surface area contributed by atoms with E-state index in [1.807, 2.05) is 6.07 Å². The van der Waals surface area contributed by atoms with Crippen molar-refractivity contribution in [1.29, 1.82) is 0 Å². The van der Waals surface area contributed by atoms with E-state index in [0.29, 0.717) is 18.9 Å². The summed E-state index contributed by atoms with van der Waals surface area (Å²) in [6.45, 7) is 11.7. The molecule has 1 N–H and O–H groups in total. The average Bonchev–Trinajstić information content (AvgIpc) is 2.36. The molecule has 0 aliphatic carbocycles. The molecule has 1 aromatic heterocycles. The molecule has 5 nitrogen and oxygen atoms in total. The predicted molar refractivity (Wildman–Crippen MR) is 83.2 cm³/mol. The molecule has 0 unspecified atom stereocenters. The first-order valence-corrected chi connectivity index (χ1v) is 7.33. The van der Waals surface area contributed by atoms with Gasteiger partial charge in [0.2, 0.25) is 5.91 Å². The summed E-state index contributed by atoms with van der Waals surface area (Å²) in [6, 6.07) is 3.63. The van der Waals surface area contributed by atoms with Gasteiger partial charge in [0.05, 0.1) is 12.1 Å². The molecule has 0 saturated carbocycles. The van der Waals surface area contributed by atoms with Gasteiger partial charge >= 0.3 is 0 Å². The van der Waals surface area contributed by atoms with Crippen LogP contribution in [-0.2, 0) is 10.4 Å². The number of anilines is 1. The number of amides is 1. The first-order chi connectivity index (χ1) is 9.59. The van der Waals surface area contributed by atoms with Crippen molar-refractivity contribution in [3.8, 4) is 0 Å². The molecule has 1 aliphatic rings. The van der Waals surface area contributed by atoms with Gasteiger partial charge in [0.1, 0.15) is 5.82 Å². The summed E-state index contributed by atoms with van der Waals surface area (Å²) in [7, 11) is 0. The van der Waals surface area contributed by atoms with Crippen LogP contribution >= 0.6 is 0 Å². The minimum Gasteiger partial charge on any atom is -0.386 e. The van der Waals surface area contributed by atoms with Gasteiger partial charge in [-0.25, -0.2) is 4.98 Å². The van der Waals surface area contributed by atoms with Crippen LogP contribution in [-0.4, -0.2) is 46.1 Å². The SMILES string of the molecule is CC(C)(O)c1ccc(N2CCN(C(C)(C)C)CC2=O)nc1. The molecule has 1 aromatic rings. The molecule has 1 saturated heterocycles. The van der Waals surface area contributed by atoms with E-state index in [4.69, 9.17) is 0 Å². The van der Waals surface area contributed by atoms with Crippen LogP contribution in [0.2, 0.25) is 0 Å². The second-order valence-electron chi connectivity index (χ2n) is 7.10. The Kier molecular flexibility index (Phi) is 4.08. The first-order valence-electron chi connectivity index (χ1n) is 7.33. The molecular weight excluding hydrogens is 266 g/mol. The van der Waals surface area contributed by atoms with E-state index in [1.54, 1.807) is 31.0 Å². The van der Waals surface area contributed by atoms with Crippen molar-refractivity contribution < 1.29 is 9.90 Å². The molecule has 2 heterocycles. The van der Waals surface area contributed by atoms with Crippen LogP contribution < -0.4 is 4.90 Å². The van der Waals surface area contributed by atoms with Gasteiger partial charge in [-0.3, -0.25) is 14.6 Å². The summed E-state index contributed by atoms with van der Waals surface area (Å²) >= 11 is 0. The second-order valence-corrected chi connectivity index (χ2v) is 7.10. The lowest BCUT2D eigenvalue weighted by atomic mass is 10.0. The number of carbonyl (C=O) groups is 1. The van der Waals surface area contributed by atoms with E-state index in [2.05, 4.69) is 30.7 Å². The topological polar surface area (TPSA) is 56.7 Å². The molecular formula is C16H25N3O2. The summed E-state index contributed by atoms with van der Waals surface area (Å²) in [5.74, 6) is 0.723. The van der Waals surface area contributed by atoms with Crippen LogP contribution in [0.4, 0.5) is 5.82 Å². The lowest BCUT2D eigenvalue weighted by Gasteiger charge is -2.41. The van der Waals surface area contributed by atoms with Gasteiger partial charge < -0.3 is 5.11 Å². The highest BCUT2D eigenvalue weighted by Crippen LogP contribution is 2.23. The fraction of sp³-hybridized carbons (Fsp3) is 0.625. The van der Waals surface area contributed by atoms with E-state index >= 15 is 0 Å². The van der Waals surface area contributed by atoms with Crippen molar-refractivity contribution in [2.75, 3.05) is 24.5 Å². The highest BCUT2D eigenvalue weighted by Gasteiger charge is 2.31. The normalized spacial score (nSPS) is 18.2. The van der Waals surface area contributed by atoms with Gasteiger partial charge in [0.25, 0.3) is 0 Å². The predicted octanol–water partition coefficient (Wildman–Crippen LogP) is 1.76. The molecule has 21 heavy (non-hydrogen) atoms. The number of rotatable bonds is 2. The zero-order valence-electron chi connectivity index (χ0n) is 13.6. The maximum atomic E-state index is 12.3. The van der Waals surface area contributed by atoms with Gasteiger partial charge in [-0.15, -0.1) is 0 Å². The van der Waals surface area contributed by atoms with E-state index < -0.39 is 5.60 Å². The Labute approximate surface area is 126 Å². The Morgan fingerprint density at radius 1 is 1.14 bits per heavy atom. The van der Waals surface area contributed by atoms with Crippen LogP contribution in [0.3, 0.4) is 0 Å². The third-order valence-electron chi connectivity index (χ3n) is 3.90. The van der Waals surface area contributed by atoms with E-state index in [9.17, 15) is 9.90 Å². The van der Waals surface area contributed by atoms with Crippen molar-refractivity contribution in [3.05, 3.63) is 23.9 Å². The molecule has 0 atom stereocenters. The molecule has 1 amide bonds. The fourth-order valence-electron chi connectivity index (χ4n) is 2.40. The highest BCUT2D eigenvalue weighted by molar-refractivity contribution is 5.94. The van der Waals surface area contributed by atoms with E-state index in [0.717, 1.165) is 12.1 Å². The van der Waals surface area contributed by atoms with E-state index in [1.165, 1.54) is 0 Å². The van der Waals surface area contributed by atoms with Gasteiger partial charge in [-0.2, -0.15) is 0 Å². The van der Waals surface area contributed by atoms with Crippen molar-refractivity contribution in [2.45, 2.75) is 45.8 Å². The Balaban J connectivity index is 2.12. The molecule has 0 bridgehead atoms. The maximum absolute atomic E-state index is 12.3. The van der Waals surface area contributed by atoms with Crippen LogP contribution in [0.5, 0.6) is 0 Å². The Morgan fingerprint density at radius 3 is 2.24 bits per heavy atom. The molecule has 116 valence electrons. The van der Waals surface area contributed by atoms with Crippen molar-refractivity contribution in [1.82, 2.24) is 9.88 Å². The third kappa shape index (κ3) is 3.60. The third-order valence-corrected chi connectivity index (χ3v) is 3.90. The number of aromatic nitrogens is 1. The Hall–Kier alpha value is -1.46. The smallest absolute Gasteiger partial charge is 0.242 e. The average molecular weight is 291 g/mol. The zero-order valence-corrected chi connectivity index (χ0v) is 13.6. The number of piperazine rings is 1. The summed E-state index contributed by atoms with van der Waals surface area (Å²) in [4.78, 5) is 20.6. The van der Waals surface area contributed by atoms with Crippen molar-refractivity contribution in [2.24, 2.45) is 0 Å². The van der Waals surface area contributed by atoms with Crippen molar-refractivity contribution in [3.63, 3.8) is 0 Å². The van der Waals surface area contributed by atoms with Crippen LogP contribution in [0, 0.1) is 0 Å². The van der Waals surface area contributed by atoms with Gasteiger partial charge in [-0.1, -0.05) is 6.07 Å². The summed E-state index contributed by atoms with van der Waals surface area (Å²) in [6.07, 6.45) is 1.64. The number of pyridine rings is 1. The van der Waals surface area contributed by atoms with Crippen molar-refractivity contribution >= 4 is 11.7 Å². The van der Waals surface area contributed by atoms with Gasteiger partial charge in [0.15, 0.2) is 0 Å². The van der Waals surface area contributed by atoms with Gasteiger partial charge in [0, 0.05) is 30.4 Å². The Bertz CT molecular complexity index is 512. The minimum absolute atomic E-state index is 0.0000511. The minimum atomic E-state index is -0.916. The molecule has 1 aliphatic heterocycles. The largest absolute Gasteiger partial charge is 0.386 e. The van der Waals surface area contributed by atoms with Crippen LogP contribution in [0.25, 0.3) is 0 Å². The summed E-state index contributed by atoms with van der Waals surface area (Å²) in [5, 5.41) is 9.94. The zero-order chi connectivity index (χ0) is 15.8. The molecule has 0 radical (unpaired) electrons. The quantitative estimate of drug-likeness (QED) is 0.902. The summed E-state index contributed by atoms with van der Waals surface area (Å²) < 4.78 is 0. The standard InChI is InChI=1S/C16H25N3O2/c1-15(2,3)18-8-9-19(14(20)11-18)13-7-6-12(10-17-13)16(4,5)21/h6-7,10,21H,8-9,11H2,1-5H3.